The second-order valence-corrected chi connectivity index (χ2v) is 5.70. The Balaban J connectivity index is 2.88. The van der Waals surface area contributed by atoms with Gasteiger partial charge in [0.05, 0.1) is 7.11 Å². The number of hydrogen-bond donors (Lipinski definition) is 2. The Morgan fingerprint density at radius 3 is 2.04 bits per heavy atom. The lowest BCUT2D eigenvalue weighted by molar-refractivity contribution is -0.371. The lowest BCUT2D eigenvalue weighted by atomic mass is 9.98. The first-order valence-electron chi connectivity index (χ1n) is 7.69. The van der Waals surface area contributed by atoms with Gasteiger partial charge in [0.2, 0.25) is 0 Å². The van der Waals surface area contributed by atoms with Gasteiger partial charge in [0.15, 0.2) is 0 Å². The van der Waals surface area contributed by atoms with Crippen LogP contribution < -0.4 is 5.32 Å². The van der Waals surface area contributed by atoms with Crippen molar-refractivity contribution in [2.24, 2.45) is 0 Å². The molecule has 0 bridgehead atoms. The number of aliphatic hydroxyl groups is 1. The summed E-state index contributed by atoms with van der Waals surface area (Å²) in [5, 5.41) is 11.3. The van der Waals surface area contributed by atoms with Crippen molar-refractivity contribution < 1.29 is 50.2 Å². The molecule has 0 aliphatic rings. The third-order valence-electron chi connectivity index (χ3n) is 3.75. The Morgan fingerprint density at radius 2 is 1.57 bits per heavy atom. The summed E-state index contributed by atoms with van der Waals surface area (Å²) in [4.78, 5) is 23.7. The number of hydrogen-bond acceptors (Lipinski definition) is 4. The molecule has 158 valence electrons. The number of carbonyl (C=O) groups is 2. The molecule has 0 fully saturated rings. The first-order chi connectivity index (χ1) is 12.8. The molecule has 1 aromatic rings. The Hall–Kier alpha value is -2.37. The molecular weight excluding hydrogens is 403 g/mol. The van der Waals surface area contributed by atoms with E-state index in [1.807, 2.05) is 0 Å². The highest BCUT2D eigenvalue weighted by Gasteiger charge is 2.75. The third kappa shape index (κ3) is 5.12. The fourth-order valence-electron chi connectivity index (χ4n) is 2.13. The molecule has 0 aromatic heterocycles. The molecule has 0 radical (unpaired) electrons. The number of amides is 1. The molecule has 0 unspecified atom stereocenters. The smallest absolute Gasteiger partial charge is 0.459 e. The van der Waals surface area contributed by atoms with Crippen molar-refractivity contribution in [3.63, 3.8) is 0 Å². The van der Waals surface area contributed by atoms with Crippen molar-refractivity contribution in [3.8, 4) is 0 Å². The summed E-state index contributed by atoms with van der Waals surface area (Å²) in [5.41, 5.74) is 0.0610. The van der Waals surface area contributed by atoms with Crippen LogP contribution in [0.15, 0.2) is 30.3 Å². The minimum atomic E-state index is -6.60. The molecule has 12 heteroatoms. The number of aliphatic hydroxyl groups excluding tert-OH is 1. The fraction of sp³-hybridized carbons (Fsp3) is 0.500. The molecule has 0 saturated heterocycles. The van der Waals surface area contributed by atoms with Crippen LogP contribution in [0.25, 0.3) is 0 Å². The van der Waals surface area contributed by atoms with E-state index in [1.165, 1.54) is 24.3 Å². The summed E-state index contributed by atoms with van der Waals surface area (Å²) in [6.07, 6.45) is -12.3. The van der Waals surface area contributed by atoms with Gasteiger partial charge < -0.3 is 15.2 Å². The van der Waals surface area contributed by atoms with Crippen LogP contribution in [0, 0.1) is 0 Å². The van der Waals surface area contributed by atoms with Gasteiger partial charge >= 0.3 is 24.0 Å². The summed E-state index contributed by atoms with van der Waals surface area (Å²) < 4.78 is 93.6. The van der Waals surface area contributed by atoms with Crippen LogP contribution in [0.5, 0.6) is 0 Å². The largest absolute Gasteiger partial charge is 0.467 e. The van der Waals surface area contributed by atoms with Gasteiger partial charge in [0, 0.05) is 5.56 Å². The van der Waals surface area contributed by atoms with E-state index < -0.39 is 54.9 Å². The van der Waals surface area contributed by atoms with Crippen LogP contribution in [-0.2, 0) is 9.53 Å². The quantitative estimate of drug-likeness (QED) is 0.502. The van der Waals surface area contributed by atoms with Gasteiger partial charge in [-0.3, -0.25) is 4.79 Å². The maximum atomic E-state index is 13.4. The number of esters is 1. The van der Waals surface area contributed by atoms with Gasteiger partial charge in [0.25, 0.3) is 5.91 Å². The second kappa shape index (κ2) is 8.76. The summed E-state index contributed by atoms with van der Waals surface area (Å²) >= 11 is 0. The number of halogens is 7. The van der Waals surface area contributed by atoms with Crippen LogP contribution in [0.4, 0.5) is 30.7 Å². The van der Waals surface area contributed by atoms with Gasteiger partial charge in [-0.1, -0.05) is 18.2 Å². The fourth-order valence-corrected chi connectivity index (χ4v) is 2.13. The van der Waals surface area contributed by atoms with Crippen LogP contribution in [0.1, 0.15) is 23.2 Å². The number of ether oxygens (including phenoxy) is 1. The van der Waals surface area contributed by atoms with Gasteiger partial charge in [-0.25, -0.2) is 4.79 Å². The SMILES string of the molecule is COC(=O)[C@@H](CC[C@@H](O)C(F)(F)C(F)(F)C(F)(F)F)NC(=O)c1ccccc1. The van der Waals surface area contributed by atoms with Gasteiger partial charge in [-0.05, 0) is 25.0 Å². The van der Waals surface area contributed by atoms with E-state index in [0.717, 1.165) is 7.11 Å². The van der Waals surface area contributed by atoms with Crippen molar-refractivity contribution in [2.45, 2.75) is 43.0 Å². The van der Waals surface area contributed by atoms with Crippen molar-refractivity contribution in [1.82, 2.24) is 5.32 Å². The maximum Gasteiger partial charge on any atom is 0.459 e. The number of nitrogens with one attached hydrogen (secondary N) is 1. The van der Waals surface area contributed by atoms with E-state index in [9.17, 15) is 45.4 Å². The highest BCUT2D eigenvalue weighted by atomic mass is 19.4. The predicted octanol–water partition coefficient (Wildman–Crippen LogP) is 2.93. The summed E-state index contributed by atoms with van der Waals surface area (Å²) in [6, 6.07) is 5.56. The van der Waals surface area contributed by atoms with Gasteiger partial charge in [-0.15, -0.1) is 0 Å². The minimum absolute atomic E-state index is 0.0610. The normalized spacial score (nSPS) is 14.9. The standard InChI is InChI=1S/C16H16F7NO4/c1-28-13(27)10(24-12(26)9-5-3-2-4-6-9)7-8-11(25)14(17,18)15(19,20)16(21,22)23/h2-6,10-11,25H,7-8H2,1H3,(H,24,26)/t10-,11-/m1/s1. The van der Waals surface area contributed by atoms with Gasteiger partial charge in [-0.2, -0.15) is 30.7 Å². The van der Waals surface area contributed by atoms with E-state index >= 15 is 0 Å². The molecule has 0 spiro atoms. The van der Waals surface area contributed by atoms with E-state index in [4.69, 9.17) is 0 Å². The summed E-state index contributed by atoms with van der Waals surface area (Å²) in [5.74, 6) is -14.4. The lowest BCUT2D eigenvalue weighted by Crippen LogP contribution is -2.58. The number of rotatable bonds is 8. The van der Waals surface area contributed by atoms with Crippen molar-refractivity contribution in [3.05, 3.63) is 35.9 Å². The lowest BCUT2D eigenvalue weighted by Gasteiger charge is -2.31. The zero-order valence-corrected chi connectivity index (χ0v) is 14.3. The van der Waals surface area contributed by atoms with Crippen molar-refractivity contribution >= 4 is 11.9 Å². The Kier molecular flexibility index (Phi) is 7.40. The molecule has 1 aromatic carbocycles. The highest BCUT2D eigenvalue weighted by molar-refractivity contribution is 5.96. The topological polar surface area (TPSA) is 75.6 Å². The molecule has 5 nitrogen and oxygen atoms in total. The highest BCUT2D eigenvalue weighted by Crippen LogP contribution is 2.48. The average molecular weight is 419 g/mol. The molecular formula is C16H16F7NO4. The molecule has 0 aliphatic carbocycles. The molecule has 28 heavy (non-hydrogen) atoms. The first kappa shape index (κ1) is 23.7. The zero-order valence-electron chi connectivity index (χ0n) is 14.3. The summed E-state index contributed by atoms with van der Waals surface area (Å²) in [7, 11) is 0.882. The number of alkyl halides is 7. The maximum absolute atomic E-state index is 13.4. The Bertz CT molecular complexity index is 679. The molecule has 1 amide bonds. The van der Waals surface area contributed by atoms with Crippen LogP contribution in [0.3, 0.4) is 0 Å². The van der Waals surface area contributed by atoms with Crippen LogP contribution in [-0.4, -0.2) is 54.3 Å². The molecule has 0 saturated carbocycles. The third-order valence-corrected chi connectivity index (χ3v) is 3.75. The number of benzene rings is 1. The monoisotopic (exact) mass is 419 g/mol. The number of methoxy groups -OCH3 is 1. The van der Waals surface area contributed by atoms with Crippen molar-refractivity contribution in [2.75, 3.05) is 7.11 Å². The average Bonchev–Trinajstić information content (AvgIpc) is 2.63. The second-order valence-electron chi connectivity index (χ2n) is 5.70. The summed E-state index contributed by atoms with van der Waals surface area (Å²) in [6.45, 7) is 0. The molecule has 0 aliphatic heterocycles. The Morgan fingerprint density at radius 1 is 1.04 bits per heavy atom. The number of carbonyl (C=O) groups excluding carboxylic acids is 2. The molecule has 2 atom stereocenters. The van der Waals surface area contributed by atoms with E-state index in [0.29, 0.717) is 0 Å². The van der Waals surface area contributed by atoms with Crippen LogP contribution >= 0.6 is 0 Å². The molecule has 2 N–H and O–H groups in total. The molecule has 1 rings (SSSR count). The zero-order chi connectivity index (χ0) is 21.8. The van der Waals surface area contributed by atoms with E-state index in [-0.39, 0.29) is 5.56 Å². The predicted molar refractivity (Wildman–Crippen MR) is 80.9 cm³/mol. The molecule has 0 heterocycles. The first-order valence-corrected chi connectivity index (χ1v) is 7.69. The van der Waals surface area contributed by atoms with E-state index in [1.54, 1.807) is 6.07 Å². The minimum Gasteiger partial charge on any atom is -0.467 e. The van der Waals surface area contributed by atoms with Crippen LogP contribution in [0.2, 0.25) is 0 Å². The van der Waals surface area contributed by atoms with Gasteiger partial charge in [0.1, 0.15) is 12.1 Å². The Labute approximate surface area is 154 Å². The van der Waals surface area contributed by atoms with Crippen molar-refractivity contribution in [1.29, 1.82) is 0 Å². The van der Waals surface area contributed by atoms with E-state index in [2.05, 4.69) is 10.1 Å².